The summed E-state index contributed by atoms with van der Waals surface area (Å²) >= 11 is 5.98. The third-order valence-electron chi connectivity index (χ3n) is 2.18. The van der Waals surface area contributed by atoms with Crippen molar-refractivity contribution in [1.29, 1.82) is 0 Å². The molecule has 2 heterocycles. The third kappa shape index (κ3) is 1.20. The predicted molar refractivity (Wildman–Crippen MR) is 52.9 cm³/mol. The average Bonchev–Trinajstić information content (AvgIpc) is 2.43. The van der Waals surface area contributed by atoms with E-state index < -0.39 is 0 Å². The normalized spacial score (nSPS) is 11.0. The van der Waals surface area contributed by atoms with Gasteiger partial charge in [0.05, 0.1) is 5.69 Å². The topological polar surface area (TPSA) is 30.7 Å². The van der Waals surface area contributed by atoms with Gasteiger partial charge in [0, 0.05) is 12.4 Å². The van der Waals surface area contributed by atoms with Gasteiger partial charge in [0.25, 0.3) is 0 Å². The lowest BCUT2D eigenvalue weighted by molar-refractivity contribution is 0.936. The van der Waals surface area contributed by atoms with E-state index in [-0.39, 0.29) is 0 Å². The molecule has 0 bridgehead atoms. The molecule has 0 N–H and O–H groups in total. The van der Waals surface area contributed by atoms with Crippen LogP contribution in [-0.2, 0) is 13.5 Å². The molecule has 2 rings (SSSR count). The van der Waals surface area contributed by atoms with Crippen molar-refractivity contribution in [2.45, 2.75) is 13.3 Å². The van der Waals surface area contributed by atoms with Crippen LogP contribution in [0.25, 0.3) is 11.0 Å². The molecule has 0 aliphatic heterocycles. The van der Waals surface area contributed by atoms with Crippen molar-refractivity contribution >= 4 is 22.6 Å². The molecule has 13 heavy (non-hydrogen) atoms. The molecular weight excluding hydrogens is 186 g/mol. The molecule has 0 saturated carbocycles. The average molecular weight is 196 g/mol. The van der Waals surface area contributed by atoms with Crippen LogP contribution in [0.4, 0.5) is 0 Å². The lowest BCUT2D eigenvalue weighted by atomic mass is 10.2. The molecule has 2 aromatic rings. The van der Waals surface area contributed by atoms with Gasteiger partial charge in [-0.3, -0.25) is 0 Å². The van der Waals surface area contributed by atoms with Gasteiger partial charge < -0.3 is 4.57 Å². The van der Waals surface area contributed by atoms with Crippen LogP contribution in [0.3, 0.4) is 0 Å². The fourth-order valence-corrected chi connectivity index (χ4v) is 1.62. The monoisotopic (exact) mass is 195 g/mol. The van der Waals surface area contributed by atoms with Gasteiger partial charge in [-0.05, 0) is 12.5 Å². The third-order valence-corrected chi connectivity index (χ3v) is 2.54. The van der Waals surface area contributed by atoms with E-state index in [1.165, 1.54) is 0 Å². The van der Waals surface area contributed by atoms with E-state index in [1.54, 1.807) is 6.33 Å². The highest BCUT2D eigenvalue weighted by Crippen LogP contribution is 2.22. The Bertz CT molecular complexity index is 447. The zero-order valence-electron chi connectivity index (χ0n) is 7.58. The molecular formula is C9H10ClN3. The van der Waals surface area contributed by atoms with Gasteiger partial charge in [0.1, 0.15) is 17.1 Å². The minimum Gasteiger partial charge on any atom is -0.319 e. The van der Waals surface area contributed by atoms with Crippen molar-refractivity contribution < 1.29 is 0 Å². The van der Waals surface area contributed by atoms with Crippen molar-refractivity contribution in [1.82, 2.24) is 14.5 Å². The van der Waals surface area contributed by atoms with Crippen LogP contribution < -0.4 is 0 Å². The van der Waals surface area contributed by atoms with Crippen LogP contribution in [0.1, 0.15) is 12.6 Å². The van der Waals surface area contributed by atoms with Crippen molar-refractivity contribution in [3.05, 3.63) is 23.2 Å². The maximum Gasteiger partial charge on any atom is 0.144 e. The Kier molecular flexibility index (Phi) is 1.96. The van der Waals surface area contributed by atoms with Crippen molar-refractivity contribution in [3.8, 4) is 0 Å². The van der Waals surface area contributed by atoms with E-state index >= 15 is 0 Å². The number of fused-ring (bicyclic) bond motifs is 1. The smallest absolute Gasteiger partial charge is 0.144 e. The number of hydrogen-bond acceptors (Lipinski definition) is 2. The fourth-order valence-electron chi connectivity index (χ4n) is 1.44. The number of hydrogen-bond donors (Lipinski definition) is 0. The number of aromatic nitrogens is 3. The highest BCUT2D eigenvalue weighted by Gasteiger charge is 2.08. The van der Waals surface area contributed by atoms with Crippen LogP contribution in [-0.4, -0.2) is 14.5 Å². The summed E-state index contributed by atoms with van der Waals surface area (Å²) in [6.45, 7) is 2.07. The summed E-state index contributed by atoms with van der Waals surface area (Å²) < 4.78 is 1.86. The summed E-state index contributed by atoms with van der Waals surface area (Å²) in [5.74, 6) is 0. The second-order valence-electron chi connectivity index (χ2n) is 2.94. The SMILES string of the molecule is CCc1ncnc2c1cc(Cl)n2C. The molecule has 0 spiro atoms. The first-order chi connectivity index (χ1) is 6.24. The molecule has 0 aromatic carbocycles. The van der Waals surface area contributed by atoms with E-state index in [9.17, 15) is 0 Å². The Morgan fingerprint density at radius 1 is 1.46 bits per heavy atom. The molecule has 0 saturated heterocycles. The van der Waals surface area contributed by atoms with Gasteiger partial charge in [-0.1, -0.05) is 18.5 Å². The van der Waals surface area contributed by atoms with Crippen LogP contribution in [0.15, 0.2) is 12.4 Å². The maximum atomic E-state index is 5.98. The number of rotatable bonds is 1. The molecule has 4 heteroatoms. The van der Waals surface area contributed by atoms with Crippen LogP contribution in [0.5, 0.6) is 0 Å². The zero-order valence-corrected chi connectivity index (χ0v) is 8.34. The maximum absolute atomic E-state index is 5.98. The Morgan fingerprint density at radius 3 is 2.92 bits per heavy atom. The van der Waals surface area contributed by atoms with E-state index in [0.717, 1.165) is 23.1 Å². The molecule has 0 radical (unpaired) electrons. The van der Waals surface area contributed by atoms with E-state index in [1.807, 2.05) is 17.7 Å². The molecule has 2 aromatic heterocycles. The van der Waals surface area contributed by atoms with E-state index in [4.69, 9.17) is 11.6 Å². The van der Waals surface area contributed by atoms with Gasteiger partial charge in [0.15, 0.2) is 0 Å². The zero-order chi connectivity index (χ0) is 9.42. The number of aryl methyl sites for hydroxylation is 2. The summed E-state index contributed by atoms with van der Waals surface area (Å²) in [4.78, 5) is 8.37. The van der Waals surface area contributed by atoms with Gasteiger partial charge in [-0.25, -0.2) is 9.97 Å². The fraction of sp³-hybridized carbons (Fsp3) is 0.333. The quantitative estimate of drug-likeness (QED) is 0.699. The van der Waals surface area contributed by atoms with Gasteiger partial charge in [0.2, 0.25) is 0 Å². The Balaban J connectivity index is 2.84. The van der Waals surface area contributed by atoms with Crippen LogP contribution >= 0.6 is 11.6 Å². The van der Waals surface area contributed by atoms with Crippen LogP contribution in [0.2, 0.25) is 5.15 Å². The highest BCUT2D eigenvalue weighted by molar-refractivity contribution is 6.30. The minimum absolute atomic E-state index is 0.699. The first-order valence-corrected chi connectivity index (χ1v) is 4.56. The lowest BCUT2D eigenvalue weighted by Crippen LogP contribution is -1.93. The summed E-state index contributed by atoms with van der Waals surface area (Å²) in [7, 11) is 1.90. The van der Waals surface area contributed by atoms with Gasteiger partial charge in [-0.2, -0.15) is 0 Å². The summed E-state index contributed by atoms with van der Waals surface area (Å²) in [5.41, 5.74) is 1.95. The van der Waals surface area contributed by atoms with Crippen molar-refractivity contribution in [2.24, 2.45) is 7.05 Å². The second-order valence-corrected chi connectivity index (χ2v) is 3.32. The van der Waals surface area contributed by atoms with Crippen LogP contribution in [0, 0.1) is 0 Å². The first-order valence-electron chi connectivity index (χ1n) is 4.19. The standard InChI is InChI=1S/C9H10ClN3/c1-3-7-6-4-8(10)13(2)9(6)12-5-11-7/h4-5H,3H2,1-2H3. The molecule has 0 unspecified atom stereocenters. The molecule has 0 aliphatic carbocycles. The lowest BCUT2D eigenvalue weighted by Gasteiger charge is -1.98. The highest BCUT2D eigenvalue weighted by atomic mass is 35.5. The molecule has 0 amide bonds. The van der Waals surface area contributed by atoms with Gasteiger partial charge >= 0.3 is 0 Å². The van der Waals surface area contributed by atoms with Crippen molar-refractivity contribution in [3.63, 3.8) is 0 Å². The molecule has 3 nitrogen and oxygen atoms in total. The molecule has 0 atom stereocenters. The Labute approximate surface area is 81.4 Å². The first kappa shape index (κ1) is 8.51. The molecule has 0 aliphatic rings. The van der Waals surface area contributed by atoms with E-state index in [0.29, 0.717) is 5.15 Å². The summed E-state index contributed by atoms with van der Waals surface area (Å²) in [5, 5.41) is 1.75. The molecule has 0 fully saturated rings. The summed E-state index contributed by atoms with van der Waals surface area (Å²) in [6, 6.07) is 1.91. The Hall–Kier alpha value is -1.09. The number of nitrogens with zero attached hydrogens (tertiary/aromatic N) is 3. The largest absolute Gasteiger partial charge is 0.319 e. The summed E-state index contributed by atoms with van der Waals surface area (Å²) in [6.07, 6.45) is 2.48. The molecule has 68 valence electrons. The predicted octanol–water partition coefficient (Wildman–Crippen LogP) is 2.18. The second kappa shape index (κ2) is 3.00. The van der Waals surface area contributed by atoms with Crippen molar-refractivity contribution in [2.75, 3.05) is 0 Å². The van der Waals surface area contributed by atoms with E-state index in [2.05, 4.69) is 16.9 Å². The Morgan fingerprint density at radius 2 is 2.23 bits per heavy atom. The van der Waals surface area contributed by atoms with Gasteiger partial charge in [-0.15, -0.1) is 0 Å². The number of halogens is 1. The minimum atomic E-state index is 0.699.